The Hall–Kier alpha value is -1.22. The fraction of sp³-hybridized carbons (Fsp3) is 0.625. The van der Waals surface area contributed by atoms with Gasteiger partial charge in [0.1, 0.15) is 5.75 Å². The first-order valence-corrected chi connectivity index (χ1v) is 9.06. The average molecular weight is 400 g/mol. The number of phenols is 1. The first kappa shape index (κ1) is 17.6. The number of aromatic hydroxyl groups is 1. The Morgan fingerprint density at radius 1 is 1.33 bits per heavy atom. The highest BCUT2D eigenvalue weighted by molar-refractivity contribution is 9.10. The minimum Gasteiger partial charge on any atom is -0.506 e. The molecule has 1 aromatic rings. The van der Waals surface area contributed by atoms with Gasteiger partial charge in [-0.25, -0.2) is 0 Å². The van der Waals surface area contributed by atoms with Gasteiger partial charge in [-0.3, -0.25) is 15.0 Å². The van der Waals surface area contributed by atoms with E-state index in [9.17, 15) is 15.2 Å². The smallest absolute Gasteiger partial charge is 0.271 e. The van der Waals surface area contributed by atoms with E-state index in [-0.39, 0.29) is 17.5 Å². The average Bonchev–Trinajstić information content (AvgIpc) is 2.60. The van der Waals surface area contributed by atoms with Crippen molar-refractivity contribution in [2.75, 3.05) is 39.4 Å². The second kappa shape index (κ2) is 7.77. The van der Waals surface area contributed by atoms with Crippen molar-refractivity contribution in [3.8, 4) is 5.75 Å². The normalized spacial score (nSPS) is 21.5. The van der Waals surface area contributed by atoms with Crippen LogP contribution in [0.4, 0.5) is 5.69 Å². The Balaban J connectivity index is 2.01. The predicted molar refractivity (Wildman–Crippen MR) is 93.2 cm³/mol. The molecule has 0 spiro atoms. The molecule has 0 radical (unpaired) electrons. The van der Waals surface area contributed by atoms with Gasteiger partial charge in [0.15, 0.2) is 0 Å². The third-order valence-electron chi connectivity index (χ3n) is 4.86. The number of hydrogen-bond donors (Lipinski definition) is 2. The maximum Gasteiger partial charge on any atom is 0.271 e. The molecule has 1 aromatic carbocycles. The van der Waals surface area contributed by atoms with Gasteiger partial charge in [-0.2, -0.15) is 0 Å². The van der Waals surface area contributed by atoms with Gasteiger partial charge >= 0.3 is 0 Å². The number of ether oxygens (including phenoxy) is 1. The zero-order valence-corrected chi connectivity index (χ0v) is 15.0. The molecule has 2 heterocycles. The van der Waals surface area contributed by atoms with E-state index >= 15 is 0 Å². The molecule has 2 fully saturated rings. The number of nitro benzene ring substituents is 1. The molecule has 7 nitrogen and oxygen atoms in total. The van der Waals surface area contributed by atoms with E-state index in [1.54, 1.807) is 0 Å². The standard InChI is InChI=1S/C16H22BrN3O4/c17-14-10-12(20(22)23)9-13(16(14)21)15(11-1-7-24-8-2-11)19-5-3-18-4-6-19/h9-11,15,18,21H,1-8H2/t15-/m0/s1. The second-order valence-corrected chi connectivity index (χ2v) is 7.16. The summed E-state index contributed by atoms with van der Waals surface area (Å²) in [5, 5.41) is 25.2. The van der Waals surface area contributed by atoms with Crippen molar-refractivity contribution in [2.45, 2.75) is 18.9 Å². The van der Waals surface area contributed by atoms with Gasteiger partial charge < -0.3 is 15.2 Å². The highest BCUT2D eigenvalue weighted by atomic mass is 79.9. The molecule has 0 aromatic heterocycles. The molecule has 0 amide bonds. The van der Waals surface area contributed by atoms with E-state index in [4.69, 9.17) is 4.74 Å². The molecule has 0 saturated carbocycles. The number of non-ortho nitro benzene ring substituents is 1. The van der Waals surface area contributed by atoms with Crippen LogP contribution in [-0.4, -0.2) is 54.3 Å². The lowest BCUT2D eigenvalue weighted by Gasteiger charge is -2.41. The van der Waals surface area contributed by atoms with Gasteiger partial charge in [0, 0.05) is 63.1 Å². The largest absolute Gasteiger partial charge is 0.506 e. The Kier molecular flexibility index (Phi) is 5.70. The summed E-state index contributed by atoms with van der Waals surface area (Å²) >= 11 is 3.27. The number of nitrogens with zero attached hydrogens (tertiary/aromatic N) is 2. The van der Waals surface area contributed by atoms with Crippen molar-refractivity contribution in [1.29, 1.82) is 0 Å². The fourth-order valence-corrected chi connectivity index (χ4v) is 4.14. The van der Waals surface area contributed by atoms with Gasteiger partial charge in [0.2, 0.25) is 0 Å². The third kappa shape index (κ3) is 3.72. The van der Waals surface area contributed by atoms with Crippen molar-refractivity contribution in [1.82, 2.24) is 10.2 Å². The number of nitro groups is 1. The van der Waals surface area contributed by atoms with E-state index in [0.717, 1.165) is 39.0 Å². The van der Waals surface area contributed by atoms with Crippen LogP contribution in [0.5, 0.6) is 5.75 Å². The molecule has 2 saturated heterocycles. The summed E-state index contributed by atoms with van der Waals surface area (Å²) in [6.45, 7) is 4.89. The number of hydrogen-bond acceptors (Lipinski definition) is 6. The topological polar surface area (TPSA) is 87.9 Å². The second-order valence-electron chi connectivity index (χ2n) is 6.30. The molecule has 24 heavy (non-hydrogen) atoms. The van der Waals surface area contributed by atoms with E-state index in [1.165, 1.54) is 12.1 Å². The monoisotopic (exact) mass is 399 g/mol. The zero-order chi connectivity index (χ0) is 17.1. The molecule has 1 atom stereocenters. The van der Waals surface area contributed by atoms with E-state index < -0.39 is 4.92 Å². The van der Waals surface area contributed by atoms with Crippen molar-refractivity contribution >= 4 is 21.6 Å². The van der Waals surface area contributed by atoms with Crippen molar-refractivity contribution in [3.63, 3.8) is 0 Å². The third-order valence-corrected chi connectivity index (χ3v) is 5.47. The molecule has 2 aliphatic heterocycles. The Labute approximate surface area is 149 Å². The summed E-state index contributed by atoms with van der Waals surface area (Å²) in [6, 6.07) is 2.85. The molecule has 3 rings (SSSR count). The lowest BCUT2D eigenvalue weighted by atomic mass is 9.85. The number of benzene rings is 1. The maximum absolute atomic E-state index is 11.3. The zero-order valence-electron chi connectivity index (χ0n) is 13.4. The summed E-state index contributed by atoms with van der Waals surface area (Å²) in [7, 11) is 0. The maximum atomic E-state index is 11.3. The van der Waals surface area contributed by atoms with Crippen LogP contribution in [0, 0.1) is 16.0 Å². The highest BCUT2D eigenvalue weighted by Gasteiger charge is 2.34. The van der Waals surface area contributed by atoms with Crippen LogP contribution in [0.3, 0.4) is 0 Å². The van der Waals surface area contributed by atoms with Gasteiger partial charge in [-0.05, 0) is 34.7 Å². The molecule has 2 N–H and O–H groups in total. The fourth-order valence-electron chi connectivity index (χ4n) is 3.68. The first-order valence-electron chi connectivity index (χ1n) is 8.27. The number of phenolic OH excluding ortho intramolecular Hbond substituents is 1. The van der Waals surface area contributed by atoms with Crippen molar-refractivity contribution in [2.24, 2.45) is 5.92 Å². The van der Waals surface area contributed by atoms with E-state index in [1.807, 2.05) is 0 Å². The molecule has 0 aliphatic carbocycles. The minimum atomic E-state index is -0.410. The first-order chi connectivity index (χ1) is 11.6. The SMILES string of the molecule is O=[N+]([O-])c1cc(Br)c(O)c([C@H](C2CCOCC2)N2CCNCC2)c1. The molecule has 132 valence electrons. The summed E-state index contributed by atoms with van der Waals surface area (Å²) in [5.74, 6) is 0.423. The molecule has 0 bridgehead atoms. The Morgan fingerprint density at radius 2 is 2.00 bits per heavy atom. The molecule has 2 aliphatic rings. The highest BCUT2D eigenvalue weighted by Crippen LogP contribution is 2.43. The van der Waals surface area contributed by atoms with Gasteiger partial charge in [-0.15, -0.1) is 0 Å². The number of piperazine rings is 1. The van der Waals surface area contributed by atoms with Crippen LogP contribution in [-0.2, 0) is 4.74 Å². The summed E-state index contributed by atoms with van der Waals surface area (Å²) < 4.78 is 5.85. The van der Waals surface area contributed by atoms with Gasteiger partial charge in [0.05, 0.1) is 9.40 Å². The van der Waals surface area contributed by atoms with Crippen LogP contribution in [0.15, 0.2) is 16.6 Å². The number of halogens is 1. The molecule has 8 heteroatoms. The Morgan fingerprint density at radius 3 is 2.62 bits per heavy atom. The Bertz CT molecular complexity index is 583. The van der Waals surface area contributed by atoms with Crippen LogP contribution in [0.1, 0.15) is 24.4 Å². The van der Waals surface area contributed by atoms with Crippen molar-refractivity contribution < 1.29 is 14.8 Å². The predicted octanol–water partition coefficient (Wildman–Crippen LogP) is 2.44. The van der Waals surface area contributed by atoms with Gasteiger partial charge in [-0.1, -0.05) is 0 Å². The number of nitrogens with one attached hydrogen (secondary N) is 1. The molecule has 0 unspecified atom stereocenters. The summed E-state index contributed by atoms with van der Waals surface area (Å²) in [6.07, 6.45) is 1.79. The van der Waals surface area contributed by atoms with Crippen LogP contribution >= 0.6 is 15.9 Å². The summed E-state index contributed by atoms with van der Waals surface area (Å²) in [5.41, 5.74) is 0.645. The quantitative estimate of drug-likeness (QED) is 0.596. The minimum absolute atomic E-state index is 0.00173. The lowest BCUT2D eigenvalue weighted by Crippen LogP contribution is -2.47. The summed E-state index contributed by atoms with van der Waals surface area (Å²) in [4.78, 5) is 13.2. The van der Waals surface area contributed by atoms with Crippen LogP contribution < -0.4 is 5.32 Å². The van der Waals surface area contributed by atoms with Gasteiger partial charge in [0.25, 0.3) is 5.69 Å². The van der Waals surface area contributed by atoms with E-state index in [2.05, 4.69) is 26.1 Å². The lowest BCUT2D eigenvalue weighted by molar-refractivity contribution is -0.385. The van der Waals surface area contributed by atoms with Crippen LogP contribution in [0.25, 0.3) is 0 Å². The molecular weight excluding hydrogens is 378 g/mol. The number of rotatable bonds is 4. The van der Waals surface area contributed by atoms with Crippen molar-refractivity contribution in [3.05, 3.63) is 32.3 Å². The molecular formula is C16H22BrN3O4. The van der Waals surface area contributed by atoms with Crippen LogP contribution in [0.2, 0.25) is 0 Å². The van der Waals surface area contributed by atoms with E-state index in [0.29, 0.717) is 29.2 Å².